The number of hydrogen-bond acceptors (Lipinski definition) is 4. The summed E-state index contributed by atoms with van der Waals surface area (Å²) in [5, 5.41) is 6.67. The molecule has 1 aromatic rings. The maximum absolute atomic E-state index is 13.2. The molecule has 0 spiro atoms. The molecule has 0 bridgehead atoms. The average Bonchev–Trinajstić information content (AvgIpc) is 2.45. The van der Waals surface area contributed by atoms with Gasteiger partial charge >= 0.3 is 0 Å². The number of methoxy groups -OCH3 is 1. The number of halogens is 1. The molecule has 1 aromatic carbocycles. The van der Waals surface area contributed by atoms with E-state index in [0.717, 1.165) is 50.6 Å². The normalized spacial score (nSPS) is 16.5. The van der Waals surface area contributed by atoms with Crippen molar-refractivity contribution in [1.29, 1.82) is 0 Å². The Morgan fingerprint density at radius 3 is 2.89 bits per heavy atom. The van der Waals surface area contributed by atoms with Gasteiger partial charge in [-0.3, -0.25) is 4.90 Å². The van der Waals surface area contributed by atoms with E-state index in [9.17, 15) is 4.39 Å². The minimum absolute atomic E-state index is 0.222. The van der Waals surface area contributed by atoms with Crippen molar-refractivity contribution in [2.24, 2.45) is 0 Å². The van der Waals surface area contributed by atoms with E-state index in [1.165, 1.54) is 12.1 Å². The molecule has 0 saturated carbocycles. The van der Waals surface area contributed by atoms with Gasteiger partial charge in [0.2, 0.25) is 0 Å². The molecule has 4 nitrogen and oxygen atoms in total. The van der Waals surface area contributed by atoms with Crippen molar-refractivity contribution in [2.75, 3.05) is 46.4 Å². The van der Waals surface area contributed by atoms with Crippen LogP contribution in [0.1, 0.15) is 5.56 Å². The van der Waals surface area contributed by atoms with Crippen molar-refractivity contribution < 1.29 is 9.13 Å². The topological polar surface area (TPSA) is 36.5 Å². The van der Waals surface area contributed by atoms with Crippen LogP contribution in [0.15, 0.2) is 18.2 Å². The average molecular weight is 267 g/mol. The number of ether oxygens (including phenoxy) is 1. The van der Waals surface area contributed by atoms with E-state index in [0.29, 0.717) is 6.54 Å². The van der Waals surface area contributed by atoms with Gasteiger partial charge in [-0.05, 0) is 18.2 Å². The molecular formula is C14H22FN3O. The highest BCUT2D eigenvalue weighted by Gasteiger charge is 2.09. The fourth-order valence-electron chi connectivity index (χ4n) is 2.28. The van der Waals surface area contributed by atoms with Crippen LogP contribution >= 0.6 is 0 Å². The molecule has 1 aliphatic heterocycles. The molecule has 0 aliphatic carbocycles. The maximum atomic E-state index is 13.2. The predicted octanol–water partition coefficient (Wildman–Crippen LogP) is 0.829. The van der Waals surface area contributed by atoms with Gasteiger partial charge < -0.3 is 15.4 Å². The number of nitrogens with one attached hydrogen (secondary N) is 2. The molecule has 0 aromatic heterocycles. The SMILES string of the molecule is COc1ccc(F)cc1CNCCN1CCNCC1. The first-order valence-electron chi connectivity index (χ1n) is 6.76. The minimum atomic E-state index is -0.222. The molecule has 1 saturated heterocycles. The van der Waals surface area contributed by atoms with E-state index in [4.69, 9.17) is 4.74 Å². The second kappa shape index (κ2) is 7.43. The van der Waals surface area contributed by atoms with Gasteiger partial charge in [0, 0.05) is 51.4 Å². The Hall–Kier alpha value is -1.17. The van der Waals surface area contributed by atoms with Crippen LogP contribution < -0.4 is 15.4 Å². The first-order valence-corrected chi connectivity index (χ1v) is 6.76. The summed E-state index contributed by atoms with van der Waals surface area (Å²) in [6.07, 6.45) is 0. The van der Waals surface area contributed by atoms with Crippen LogP contribution in [-0.4, -0.2) is 51.3 Å². The Labute approximate surface area is 113 Å². The number of hydrogen-bond donors (Lipinski definition) is 2. The van der Waals surface area contributed by atoms with E-state index >= 15 is 0 Å². The first kappa shape index (κ1) is 14.2. The summed E-state index contributed by atoms with van der Waals surface area (Å²) in [5.74, 6) is 0.510. The van der Waals surface area contributed by atoms with Crippen LogP contribution in [0.4, 0.5) is 4.39 Å². The van der Waals surface area contributed by atoms with Crippen molar-refractivity contribution >= 4 is 0 Å². The minimum Gasteiger partial charge on any atom is -0.496 e. The first-order chi connectivity index (χ1) is 9.29. The van der Waals surface area contributed by atoms with Crippen molar-refractivity contribution in [3.05, 3.63) is 29.6 Å². The third-order valence-corrected chi connectivity index (χ3v) is 3.37. The third-order valence-electron chi connectivity index (χ3n) is 3.37. The van der Waals surface area contributed by atoms with Crippen molar-refractivity contribution in [3.8, 4) is 5.75 Å². The van der Waals surface area contributed by atoms with Gasteiger partial charge in [-0.15, -0.1) is 0 Å². The summed E-state index contributed by atoms with van der Waals surface area (Å²) in [5.41, 5.74) is 0.864. The second-order valence-electron chi connectivity index (χ2n) is 4.72. The van der Waals surface area contributed by atoms with Gasteiger partial charge in [0.1, 0.15) is 11.6 Å². The lowest BCUT2D eigenvalue weighted by molar-refractivity contribution is 0.241. The largest absolute Gasteiger partial charge is 0.496 e. The second-order valence-corrected chi connectivity index (χ2v) is 4.72. The Bertz CT molecular complexity index is 394. The Morgan fingerprint density at radius 2 is 2.16 bits per heavy atom. The lowest BCUT2D eigenvalue weighted by Gasteiger charge is -2.27. The van der Waals surface area contributed by atoms with Crippen LogP contribution in [0.5, 0.6) is 5.75 Å². The third kappa shape index (κ3) is 4.45. The summed E-state index contributed by atoms with van der Waals surface area (Å²) < 4.78 is 18.4. The number of nitrogens with zero attached hydrogens (tertiary/aromatic N) is 1. The van der Waals surface area contributed by atoms with Crippen LogP contribution in [0.2, 0.25) is 0 Å². The highest BCUT2D eigenvalue weighted by Crippen LogP contribution is 2.18. The molecule has 0 atom stereocenters. The monoisotopic (exact) mass is 267 g/mol. The smallest absolute Gasteiger partial charge is 0.123 e. The molecule has 1 heterocycles. The van der Waals surface area contributed by atoms with Gasteiger partial charge in [-0.25, -0.2) is 4.39 Å². The number of piperazine rings is 1. The van der Waals surface area contributed by atoms with Crippen molar-refractivity contribution in [1.82, 2.24) is 15.5 Å². The van der Waals surface area contributed by atoms with E-state index in [-0.39, 0.29) is 5.82 Å². The van der Waals surface area contributed by atoms with E-state index in [2.05, 4.69) is 15.5 Å². The lowest BCUT2D eigenvalue weighted by atomic mass is 10.2. The van der Waals surface area contributed by atoms with Gasteiger partial charge in [-0.1, -0.05) is 0 Å². The molecule has 0 radical (unpaired) electrons. The van der Waals surface area contributed by atoms with E-state index in [1.807, 2.05) is 0 Å². The highest BCUT2D eigenvalue weighted by molar-refractivity contribution is 5.33. The van der Waals surface area contributed by atoms with Crippen LogP contribution in [0.3, 0.4) is 0 Å². The fourth-order valence-corrected chi connectivity index (χ4v) is 2.28. The standard InChI is InChI=1S/C14H22FN3O/c1-19-14-3-2-13(15)10-12(14)11-17-6-9-18-7-4-16-5-8-18/h2-3,10,16-17H,4-9,11H2,1H3. The number of rotatable bonds is 6. The van der Waals surface area contributed by atoms with Crippen LogP contribution in [0.25, 0.3) is 0 Å². The molecule has 5 heteroatoms. The molecule has 0 unspecified atom stereocenters. The van der Waals surface area contributed by atoms with Crippen LogP contribution in [0, 0.1) is 5.82 Å². The van der Waals surface area contributed by atoms with Gasteiger partial charge in [0.05, 0.1) is 7.11 Å². The molecule has 1 fully saturated rings. The zero-order valence-electron chi connectivity index (χ0n) is 11.4. The van der Waals surface area contributed by atoms with Gasteiger partial charge in [0.15, 0.2) is 0 Å². The van der Waals surface area contributed by atoms with E-state index in [1.54, 1.807) is 13.2 Å². The van der Waals surface area contributed by atoms with Crippen molar-refractivity contribution in [3.63, 3.8) is 0 Å². The Balaban J connectivity index is 1.74. The highest BCUT2D eigenvalue weighted by atomic mass is 19.1. The predicted molar refractivity (Wildman–Crippen MR) is 74.0 cm³/mol. The molecule has 0 amide bonds. The summed E-state index contributed by atoms with van der Waals surface area (Å²) in [4.78, 5) is 2.42. The fraction of sp³-hybridized carbons (Fsp3) is 0.571. The lowest BCUT2D eigenvalue weighted by Crippen LogP contribution is -2.45. The molecule has 2 rings (SSSR count). The summed E-state index contributed by atoms with van der Waals surface area (Å²) >= 11 is 0. The zero-order valence-corrected chi connectivity index (χ0v) is 11.4. The molecule has 106 valence electrons. The molecule has 1 aliphatic rings. The Kier molecular flexibility index (Phi) is 5.57. The van der Waals surface area contributed by atoms with Gasteiger partial charge in [-0.2, -0.15) is 0 Å². The van der Waals surface area contributed by atoms with Crippen LogP contribution in [-0.2, 0) is 6.54 Å². The van der Waals surface area contributed by atoms with Gasteiger partial charge in [0.25, 0.3) is 0 Å². The molecular weight excluding hydrogens is 245 g/mol. The van der Waals surface area contributed by atoms with Crippen molar-refractivity contribution in [2.45, 2.75) is 6.54 Å². The molecule has 19 heavy (non-hydrogen) atoms. The maximum Gasteiger partial charge on any atom is 0.123 e. The zero-order chi connectivity index (χ0) is 13.5. The van der Waals surface area contributed by atoms with E-state index < -0.39 is 0 Å². The number of benzene rings is 1. The summed E-state index contributed by atoms with van der Waals surface area (Å²) in [6.45, 7) is 6.90. The quantitative estimate of drug-likeness (QED) is 0.749. The molecule has 2 N–H and O–H groups in total. The Morgan fingerprint density at radius 1 is 1.37 bits per heavy atom. The summed E-state index contributed by atoms with van der Waals surface area (Å²) in [7, 11) is 1.61. The summed E-state index contributed by atoms with van der Waals surface area (Å²) in [6, 6.07) is 4.61.